The molecule has 0 aliphatic heterocycles. The lowest BCUT2D eigenvalue weighted by atomic mass is 10.1. The monoisotopic (exact) mass is 262 g/mol. The highest BCUT2D eigenvalue weighted by Gasteiger charge is 2.41. The Morgan fingerprint density at radius 3 is 2.41 bits per heavy atom. The summed E-state index contributed by atoms with van der Waals surface area (Å²) in [6.45, 7) is 7.98. The zero-order chi connectivity index (χ0) is 12.9. The van der Waals surface area contributed by atoms with Gasteiger partial charge in [0.15, 0.2) is 0 Å². The van der Waals surface area contributed by atoms with Gasteiger partial charge in [-0.2, -0.15) is 0 Å². The summed E-state index contributed by atoms with van der Waals surface area (Å²) in [6, 6.07) is 0. The van der Waals surface area contributed by atoms with Gasteiger partial charge in [-0.05, 0) is 44.6 Å². The molecule has 0 aromatic heterocycles. The minimum Gasteiger partial charge on any atom is -0.315 e. The van der Waals surface area contributed by atoms with Gasteiger partial charge in [0.25, 0.3) is 0 Å². The lowest BCUT2D eigenvalue weighted by Crippen LogP contribution is -2.41. The van der Waals surface area contributed by atoms with Gasteiger partial charge >= 0.3 is 0 Å². The molecular formula is C12H26N2O2S. The van der Waals surface area contributed by atoms with Crippen LogP contribution < -0.4 is 10.0 Å². The largest absolute Gasteiger partial charge is 0.315 e. The van der Waals surface area contributed by atoms with E-state index in [1.54, 1.807) is 6.92 Å². The molecule has 1 saturated carbocycles. The van der Waals surface area contributed by atoms with Gasteiger partial charge in [-0.25, -0.2) is 13.1 Å². The van der Waals surface area contributed by atoms with E-state index >= 15 is 0 Å². The average Bonchev–Trinajstić information content (AvgIpc) is 3.07. The average molecular weight is 262 g/mol. The maximum Gasteiger partial charge on any atom is 0.215 e. The fourth-order valence-corrected chi connectivity index (χ4v) is 2.95. The summed E-state index contributed by atoms with van der Waals surface area (Å²) in [6.07, 6.45) is 4.42. The molecule has 4 nitrogen and oxygen atoms in total. The Labute approximate surface area is 106 Å². The third kappa shape index (κ3) is 4.56. The third-order valence-corrected chi connectivity index (χ3v) is 5.52. The summed E-state index contributed by atoms with van der Waals surface area (Å²) in [4.78, 5) is 0. The van der Waals surface area contributed by atoms with Crippen LogP contribution >= 0.6 is 0 Å². The van der Waals surface area contributed by atoms with Crippen molar-refractivity contribution >= 4 is 10.0 Å². The number of hydrogen-bond donors (Lipinski definition) is 2. The van der Waals surface area contributed by atoms with Crippen LogP contribution in [0.4, 0.5) is 0 Å². The van der Waals surface area contributed by atoms with Crippen molar-refractivity contribution in [2.45, 2.75) is 51.7 Å². The molecule has 1 aliphatic rings. The van der Waals surface area contributed by atoms with Gasteiger partial charge in [0.05, 0.1) is 5.25 Å². The zero-order valence-corrected chi connectivity index (χ0v) is 12.1. The summed E-state index contributed by atoms with van der Waals surface area (Å²) in [5.41, 5.74) is 0.267. The van der Waals surface area contributed by atoms with Gasteiger partial charge < -0.3 is 5.32 Å². The van der Waals surface area contributed by atoms with Crippen LogP contribution in [0.2, 0.25) is 0 Å². The quantitative estimate of drug-likeness (QED) is 0.619. The van der Waals surface area contributed by atoms with E-state index < -0.39 is 10.0 Å². The van der Waals surface area contributed by atoms with Gasteiger partial charge in [-0.3, -0.25) is 0 Å². The number of nitrogens with one attached hydrogen (secondary N) is 2. The van der Waals surface area contributed by atoms with Crippen molar-refractivity contribution in [3.8, 4) is 0 Å². The molecule has 0 spiro atoms. The standard InChI is InChI=1S/C12H26N2O2S/c1-4-8-13-9-11(3)17(15,16)14-10-12(5-2)6-7-12/h11,13-14H,4-10H2,1-3H3. The van der Waals surface area contributed by atoms with Crippen LogP contribution in [-0.2, 0) is 10.0 Å². The Morgan fingerprint density at radius 1 is 1.29 bits per heavy atom. The second-order valence-corrected chi connectivity index (χ2v) is 7.42. The molecule has 0 bridgehead atoms. The van der Waals surface area contributed by atoms with Crippen molar-refractivity contribution in [2.24, 2.45) is 5.41 Å². The highest BCUT2D eigenvalue weighted by atomic mass is 32.2. The number of rotatable bonds is 9. The first-order valence-electron chi connectivity index (χ1n) is 6.65. The molecule has 1 unspecified atom stereocenters. The van der Waals surface area contributed by atoms with Crippen LogP contribution in [0.1, 0.15) is 46.5 Å². The summed E-state index contributed by atoms with van der Waals surface area (Å²) in [5, 5.41) is 2.79. The normalized spacial score (nSPS) is 20.2. The van der Waals surface area contributed by atoms with E-state index in [1.165, 1.54) is 0 Å². The van der Waals surface area contributed by atoms with E-state index in [4.69, 9.17) is 0 Å². The molecule has 1 rings (SSSR count). The van der Waals surface area contributed by atoms with Gasteiger partial charge in [0, 0.05) is 13.1 Å². The smallest absolute Gasteiger partial charge is 0.215 e. The molecule has 1 fully saturated rings. The van der Waals surface area contributed by atoms with Crippen molar-refractivity contribution in [3.05, 3.63) is 0 Å². The summed E-state index contributed by atoms with van der Waals surface area (Å²) >= 11 is 0. The van der Waals surface area contributed by atoms with Crippen molar-refractivity contribution in [1.29, 1.82) is 0 Å². The molecule has 1 atom stereocenters. The second kappa shape index (κ2) is 6.16. The minimum absolute atomic E-state index is 0.267. The molecule has 17 heavy (non-hydrogen) atoms. The topological polar surface area (TPSA) is 58.2 Å². The SMILES string of the molecule is CCCNCC(C)S(=O)(=O)NCC1(CC)CC1. The lowest BCUT2D eigenvalue weighted by molar-refractivity contribution is 0.472. The minimum atomic E-state index is -3.16. The Balaban J connectivity index is 2.34. The maximum absolute atomic E-state index is 12.0. The van der Waals surface area contributed by atoms with Crippen LogP contribution in [0, 0.1) is 5.41 Å². The first kappa shape index (κ1) is 14.9. The van der Waals surface area contributed by atoms with Gasteiger partial charge in [0.1, 0.15) is 0 Å². The van der Waals surface area contributed by atoms with Crippen molar-refractivity contribution in [2.75, 3.05) is 19.6 Å². The molecule has 0 aromatic carbocycles. The summed E-state index contributed by atoms with van der Waals surface area (Å²) in [7, 11) is -3.16. The lowest BCUT2D eigenvalue weighted by Gasteiger charge is -2.18. The van der Waals surface area contributed by atoms with Crippen LogP contribution in [0.25, 0.3) is 0 Å². The maximum atomic E-state index is 12.0. The van der Waals surface area contributed by atoms with Crippen LogP contribution in [0.3, 0.4) is 0 Å². The van der Waals surface area contributed by atoms with Crippen LogP contribution in [0.5, 0.6) is 0 Å². The van der Waals surface area contributed by atoms with Crippen molar-refractivity contribution in [1.82, 2.24) is 10.0 Å². The molecule has 1 aliphatic carbocycles. The Morgan fingerprint density at radius 2 is 1.94 bits per heavy atom. The van der Waals surface area contributed by atoms with E-state index in [9.17, 15) is 8.42 Å². The molecule has 102 valence electrons. The first-order valence-corrected chi connectivity index (χ1v) is 8.19. The van der Waals surface area contributed by atoms with E-state index in [0.29, 0.717) is 13.1 Å². The van der Waals surface area contributed by atoms with Crippen molar-refractivity contribution in [3.63, 3.8) is 0 Å². The van der Waals surface area contributed by atoms with E-state index in [0.717, 1.165) is 32.2 Å². The van der Waals surface area contributed by atoms with Gasteiger partial charge in [0.2, 0.25) is 10.0 Å². The summed E-state index contributed by atoms with van der Waals surface area (Å²) < 4.78 is 26.7. The molecule has 0 amide bonds. The summed E-state index contributed by atoms with van der Waals surface area (Å²) in [5.74, 6) is 0. The number of sulfonamides is 1. The van der Waals surface area contributed by atoms with E-state index in [2.05, 4.69) is 23.9 Å². The van der Waals surface area contributed by atoms with Crippen LogP contribution in [0.15, 0.2) is 0 Å². The predicted octanol–water partition coefficient (Wildman–Crippen LogP) is 1.48. The van der Waals surface area contributed by atoms with E-state index in [-0.39, 0.29) is 10.7 Å². The van der Waals surface area contributed by atoms with Crippen molar-refractivity contribution < 1.29 is 8.42 Å². The fraction of sp³-hybridized carbons (Fsp3) is 1.00. The molecule has 5 heteroatoms. The molecule has 0 aromatic rings. The molecule has 2 N–H and O–H groups in total. The Bertz CT molecular complexity index is 323. The fourth-order valence-electron chi connectivity index (χ4n) is 1.82. The Kier molecular flexibility index (Phi) is 5.41. The molecule has 0 heterocycles. The van der Waals surface area contributed by atoms with Gasteiger partial charge in [-0.15, -0.1) is 0 Å². The Hall–Kier alpha value is -0.130. The van der Waals surface area contributed by atoms with Gasteiger partial charge in [-0.1, -0.05) is 13.8 Å². The number of hydrogen-bond acceptors (Lipinski definition) is 3. The third-order valence-electron chi connectivity index (χ3n) is 3.74. The second-order valence-electron chi connectivity index (χ2n) is 5.23. The molecule has 0 radical (unpaired) electrons. The van der Waals surface area contributed by atoms with Crippen LogP contribution in [-0.4, -0.2) is 33.3 Å². The molecule has 0 saturated heterocycles. The predicted molar refractivity (Wildman–Crippen MR) is 71.5 cm³/mol. The highest BCUT2D eigenvalue weighted by Crippen LogP contribution is 2.47. The van der Waals surface area contributed by atoms with E-state index in [1.807, 2.05) is 0 Å². The zero-order valence-electron chi connectivity index (χ0n) is 11.3. The highest BCUT2D eigenvalue weighted by molar-refractivity contribution is 7.90. The molecular weight excluding hydrogens is 236 g/mol. The first-order chi connectivity index (χ1) is 7.96.